The van der Waals surface area contributed by atoms with Crippen LogP contribution in [0.3, 0.4) is 0 Å². The van der Waals surface area contributed by atoms with Gasteiger partial charge in [-0.15, -0.1) is 0 Å². The molecule has 0 radical (unpaired) electrons. The van der Waals surface area contributed by atoms with E-state index in [0.29, 0.717) is 6.54 Å². The van der Waals surface area contributed by atoms with Crippen LogP contribution in [0.25, 0.3) is 0 Å². The van der Waals surface area contributed by atoms with Gasteiger partial charge in [-0.25, -0.2) is 0 Å². The minimum atomic E-state index is -0.0878. The number of carbonyl (C=O) groups excluding carboxylic acids is 1. The number of anilines is 1. The maximum absolute atomic E-state index is 11.8. The fourth-order valence-electron chi connectivity index (χ4n) is 1.55. The van der Waals surface area contributed by atoms with E-state index in [1.807, 2.05) is 30.3 Å². The third kappa shape index (κ3) is 4.47. The second kappa shape index (κ2) is 6.28. The van der Waals surface area contributed by atoms with Gasteiger partial charge in [-0.05, 0) is 31.9 Å². The van der Waals surface area contributed by atoms with E-state index in [2.05, 4.69) is 31.4 Å². The van der Waals surface area contributed by atoms with Gasteiger partial charge in [0.2, 0.25) is 5.91 Å². The van der Waals surface area contributed by atoms with Crippen molar-refractivity contribution >= 4 is 11.6 Å². The molecular weight excluding hydrogens is 212 g/mol. The summed E-state index contributed by atoms with van der Waals surface area (Å²) in [4.78, 5) is 11.8. The lowest BCUT2D eigenvalue weighted by Gasteiger charge is -2.28. The van der Waals surface area contributed by atoms with Crippen LogP contribution < -0.4 is 10.6 Å². The van der Waals surface area contributed by atoms with Crippen LogP contribution in [0, 0.1) is 0 Å². The van der Waals surface area contributed by atoms with Crippen molar-refractivity contribution in [3.05, 3.63) is 30.3 Å². The second-order valence-corrected chi connectivity index (χ2v) is 4.54. The molecule has 0 aromatic heterocycles. The van der Waals surface area contributed by atoms with Crippen molar-refractivity contribution in [1.82, 2.24) is 5.32 Å². The molecule has 2 N–H and O–H groups in total. The molecular formula is C14H22N2O. The number of rotatable bonds is 6. The summed E-state index contributed by atoms with van der Waals surface area (Å²) in [6.07, 6.45) is 1.89. The first-order valence-corrected chi connectivity index (χ1v) is 6.19. The molecule has 0 aliphatic heterocycles. The largest absolute Gasteiger partial charge is 0.376 e. The van der Waals surface area contributed by atoms with E-state index < -0.39 is 0 Å². The van der Waals surface area contributed by atoms with E-state index in [0.717, 1.165) is 18.5 Å². The van der Waals surface area contributed by atoms with E-state index in [-0.39, 0.29) is 11.4 Å². The zero-order chi connectivity index (χ0) is 12.7. The van der Waals surface area contributed by atoms with Gasteiger partial charge in [-0.2, -0.15) is 0 Å². The lowest BCUT2D eigenvalue weighted by molar-refractivity contribution is -0.121. The van der Waals surface area contributed by atoms with Crippen molar-refractivity contribution in [3.8, 4) is 0 Å². The number of nitrogens with one attached hydrogen (secondary N) is 2. The first-order valence-electron chi connectivity index (χ1n) is 6.19. The zero-order valence-electron chi connectivity index (χ0n) is 10.9. The topological polar surface area (TPSA) is 41.1 Å². The number of hydrogen-bond donors (Lipinski definition) is 2. The van der Waals surface area contributed by atoms with Crippen LogP contribution >= 0.6 is 0 Å². The Morgan fingerprint density at radius 1 is 1.18 bits per heavy atom. The van der Waals surface area contributed by atoms with Gasteiger partial charge in [0.25, 0.3) is 0 Å². The van der Waals surface area contributed by atoms with Crippen molar-refractivity contribution in [2.75, 3.05) is 11.9 Å². The van der Waals surface area contributed by atoms with Gasteiger partial charge in [0.15, 0.2) is 0 Å². The van der Waals surface area contributed by atoms with Crippen molar-refractivity contribution in [2.45, 2.75) is 39.2 Å². The fraction of sp³-hybridized carbons (Fsp3) is 0.500. The van der Waals surface area contributed by atoms with E-state index in [1.54, 1.807) is 0 Å². The highest BCUT2D eigenvalue weighted by Crippen LogP contribution is 2.13. The van der Waals surface area contributed by atoms with Gasteiger partial charge >= 0.3 is 0 Å². The molecule has 17 heavy (non-hydrogen) atoms. The third-order valence-electron chi connectivity index (χ3n) is 3.23. The zero-order valence-corrected chi connectivity index (χ0v) is 10.9. The molecule has 1 aromatic carbocycles. The molecule has 0 saturated carbocycles. The van der Waals surface area contributed by atoms with Gasteiger partial charge in [0.1, 0.15) is 0 Å². The first kappa shape index (κ1) is 13.6. The van der Waals surface area contributed by atoms with Crippen LogP contribution in [0.15, 0.2) is 30.3 Å². The average molecular weight is 234 g/mol. The molecule has 3 heteroatoms. The number of benzene rings is 1. The molecule has 0 heterocycles. The molecule has 1 rings (SSSR count). The quantitative estimate of drug-likeness (QED) is 0.794. The molecule has 0 bridgehead atoms. The number of para-hydroxylation sites is 1. The number of amides is 1. The smallest absolute Gasteiger partial charge is 0.239 e. The SMILES string of the molecule is CCC(C)(CC)NC(=O)CNc1ccccc1. The van der Waals surface area contributed by atoms with Gasteiger partial charge in [-0.1, -0.05) is 32.0 Å². The van der Waals surface area contributed by atoms with Crippen LogP contribution in [-0.4, -0.2) is 18.0 Å². The summed E-state index contributed by atoms with van der Waals surface area (Å²) in [5.41, 5.74) is 0.882. The summed E-state index contributed by atoms with van der Waals surface area (Å²) in [6.45, 7) is 6.58. The summed E-state index contributed by atoms with van der Waals surface area (Å²) in [6, 6.07) is 9.75. The first-order chi connectivity index (χ1) is 8.09. The Morgan fingerprint density at radius 2 is 1.76 bits per heavy atom. The molecule has 0 spiro atoms. The van der Waals surface area contributed by atoms with Crippen molar-refractivity contribution in [1.29, 1.82) is 0 Å². The Bertz CT molecular complexity index is 344. The number of hydrogen-bond acceptors (Lipinski definition) is 2. The predicted molar refractivity (Wildman–Crippen MR) is 72.1 cm³/mol. The molecule has 0 unspecified atom stereocenters. The summed E-state index contributed by atoms with van der Waals surface area (Å²) >= 11 is 0. The molecule has 1 amide bonds. The van der Waals surface area contributed by atoms with Crippen molar-refractivity contribution in [2.24, 2.45) is 0 Å². The molecule has 3 nitrogen and oxygen atoms in total. The lowest BCUT2D eigenvalue weighted by atomic mass is 9.95. The van der Waals surface area contributed by atoms with E-state index in [4.69, 9.17) is 0 Å². The highest BCUT2D eigenvalue weighted by molar-refractivity contribution is 5.81. The van der Waals surface area contributed by atoms with Crippen molar-refractivity contribution in [3.63, 3.8) is 0 Å². The summed E-state index contributed by atoms with van der Waals surface area (Å²) in [7, 11) is 0. The number of carbonyl (C=O) groups is 1. The molecule has 94 valence electrons. The van der Waals surface area contributed by atoms with Gasteiger partial charge in [-0.3, -0.25) is 4.79 Å². The van der Waals surface area contributed by atoms with E-state index >= 15 is 0 Å². The highest BCUT2D eigenvalue weighted by Gasteiger charge is 2.21. The van der Waals surface area contributed by atoms with E-state index in [1.165, 1.54) is 0 Å². The minimum absolute atomic E-state index is 0.0417. The fourth-order valence-corrected chi connectivity index (χ4v) is 1.55. The van der Waals surface area contributed by atoms with Gasteiger partial charge in [0.05, 0.1) is 6.54 Å². The van der Waals surface area contributed by atoms with Gasteiger partial charge in [0, 0.05) is 11.2 Å². The van der Waals surface area contributed by atoms with Gasteiger partial charge < -0.3 is 10.6 Å². The van der Waals surface area contributed by atoms with Crippen molar-refractivity contribution < 1.29 is 4.79 Å². The Morgan fingerprint density at radius 3 is 2.29 bits per heavy atom. The average Bonchev–Trinajstić information content (AvgIpc) is 2.37. The summed E-state index contributed by atoms with van der Waals surface area (Å²) in [5.74, 6) is 0.0417. The second-order valence-electron chi connectivity index (χ2n) is 4.54. The molecule has 0 aliphatic rings. The molecule has 1 aromatic rings. The lowest BCUT2D eigenvalue weighted by Crippen LogP contribution is -2.47. The molecule has 0 aliphatic carbocycles. The Kier molecular flexibility index (Phi) is 5.01. The van der Waals surface area contributed by atoms with Crippen LogP contribution in [0.5, 0.6) is 0 Å². The maximum atomic E-state index is 11.8. The monoisotopic (exact) mass is 234 g/mol. The molecule has 0 saturated heterocycles. The summed E-state index contributed by atoms with van der Waals surface area (Å²) < 4.78 is 0. The predicted octanol–water partition coefficient (Wildman–Crippen LogP) is 2.79. The Labute approximate surface area is 104 Å². The Balaban J connectivity index is 2.40. The van der Waals surface area contributed by atoms with Crippen LogP contribution in [-0.2, 0) is 4.79 Å². The minimum Gasteiger partial charge on any atom is -0.376 e. The standard InChI is InChI=1S/C14H22N2O/c1-4-14(3,5-2)16-13(17)11-15-12-9-7-6-8-10-12/h6-10,15H,4-5,11H2,1-3H3,(H,16,17). The molecule has 0 atom stereocenters. The van der Waals surface area contributed by atoms with E-state index in [9.17, 15) is 4.79 Å². The van der Waals surface area contributed by atoms with Crippen LogP contribution in [0.2, 0.25) is 0 Å². The maximum Gasteiger partial charge on any atom is 0.239 e. The summed E-state index contributed by atoms with van der Waals surface area (Å²) in [5, 5.41) is 6.16. The molecule has 0 fully saturated rings. The van der Waals surface area contributed by atoms with Crippen LogP contribution in [0.4, 0.5) is 5.69 Å². The normalized spacial score (nSPS) is 11.0. The van der Waals surface area contributed by atoms with Crippen LogP contribution in [0.1, 0.15) is 33.6 Å². The highest BCUT2D eigenvalue weighted by atomic mass is 16.2. The Hall–Kier alpha value is -1.51. The third-order valence-corrected chi connectivity index (χ3v) is 3.23.